The number of carbonyl (C=O) groups excluding carboxylic acids is 1. The van der Waals surface area contributed by atoms with Crippen molar-refractivity contribution in [2.24, 2.45) is 0 Å². The Hall–Kier alpha value is -1.80. The summed E-state index contributed by atoms with van der Waals surface area (Å²) in [6, 6.07) is 5.51. The molecule has 8 heteroatoms. The smallest absolute Gasteiger partial charge is 0.245 e. The van der Waals surface area contributed by atoms with Crippen LogP contribution >= 0.6 is 15.9 Å². The number of alkyl halides is 1. The van der Waals surface area contributed by atoms with Gasteiger partial charge in [0.2, 0.25) is 31.6 Å². The summed E-state index contributed by atoms with van der Waals surface area (Å²) in [5.74, 6) is -0.519. The quantitative estimate of drug-likeness (QED) is 0.473. The number of carbonyl (C=O) groups is 1. The van der Waals surface area contributed by atoms with Crippen LogP contribution in [-0.2, 0) is 4.79 Å². The summed E-state index contributed by atoms with van der Waals surface area (Å²) >= 11 is 3.28. The van der Waals surface area contributed by atoms with Crippen LogP contribution in [0.4, 0.5) is 10.3 Å². The molecule has 0 bridgehead atoms. The molecule has 0 aliphatic heterocycles. The fourth-order valence-electron chi connectivity index (χ4n) is 2.10. The fourth-order valence-corrected chi connectivity index (χ4v) is 3.19. The van der Waals surface area contributed by atoms with Crippen LogP contribution in [0.2, 0.25) is 19.6 Å². The van der Waals surface area contributed by atoms with E-state index in [0.29, 0.717) is 23.7 Å². The number of furan rings is 1. The Balaban J connectivity index is 2.40. The molecule has 2 aromatic rings. The van der Waals surface area contributed by atoms with Gasteiger partial charge in [-0.15, -0.1) is 0 Å². The Morgan fingerprint density at radius 3 is 2.52 bits per heavy atom. The summed E-state index contributed by atoms with van der Waals surface area (Å²) in [7, 11) is -2.07. The average molecular weight is 430 g/mol. The van der Waals surface area contributed by atoms with Gasteiger partial charge < -0.3 is 13.9 Å². The Bertz CT molecular complexity index is 740. The molecule has 1 aromatic carbocycles. The van der Waals surface area contributed by atoms with Crippen LogP contribution in [0.15, 0.2) is 28.7 Å². The van der Waals surface area contributed by atoms with E-state index < -0.39 is 14.1 Å². The van der Waals surface area contributed by atoms with E-state index in [-0.39, 0.29) is 29.1 Å². The second kappa shape index (κ2) is 8.05. The largest absolute Gasteiger partial charge is 0.538 e. The molecule has 0 atom stereocenters. The van der Waals surface area contributed by atoms with Gasteiger partial charge in [0.25, 0.3) is 0 Å². The minimum Gasteiger partial charge on any atom is -0.538 e. The number of aromatic hydroxyl groups is 1. The third kappa shape index (κ3) is 5.33. The van der Waals surface area contributed by atoms with E-state index in [1.54, 1.807) is 0 Å². The number of rotatable bonds is 7. The van der Waals surface area contributed by atoms with Crippen molar-refractivity contribution in [3.8, 4) is 22.8 Å². The van der Waals surface area contributed by atoms with Crippen molar-refractivity contribution < 1.29 is 23.1 Å². The average Bonchev–Trinajstić information content (AvgIpc) is 2.81. The SMILES string of the molecule is C[Si](C)(C)Oc1c(NC(=O)CCCBr)oc(-c2ccc(F)cc2)c1O. The van der Waals surface area contributed by atoms with E-state index in [1.165, 1.54) is 24.3 Å². The molecule has 0 radical (unpaired) electrons. The predicted molar refractivity (Wildman–Crippen MR) is 101 cm³/mol. The van der Waals surface area contributed by atoms with E-state index in [9.17, 15) is 14.3 Å². The molecule has 1 heterocycles. The number of nitrogens with one attached hydrogen (secondary N) is 1. The zero-order valence-corrected chi connectivity index (χ0v) is 16.9. The lowest BCUT2D eigenvalue weighted by atomic mass is 10.1. The number of hydrogen-bond acceptors (Lipinski definition) is 4. The van der Waals surface area contributed by atoms with E-state index in [1.807, 2.05) is 19.6 Å². The molecule has 5 nitrogen and oxygen atoms in total. The van der Waals surface area contributed by atoms with Crippen molar-refractivity contribution in [3.05, 3.63) is 30.1 Å². The van der Waals surface area contributed by atoms with Gasteiger partial charge in [0.15, 0.2) is 5.76 Å². The Morgan fingerprint density at radius 2 is 1.96 bits per heavy atom. The molecule has 0 saturated heterocycles. The van der Waals surface area contributed by atoms with Crippen molar-refractivity contribution in [3.63, 3.8) is 0 Å². The number of hydrogen-bond donors (Lipinski definition) is 2. The highest BCUT2D eigenvalue weighted by Gasteiger charge is 2.28. The summed E-state index contributed by atoms with van der Waals surface area (Å²) in [6.07, 6.45) is 0.985. The van der Waals surface area contributed by atoms with Gasteiger partial charge in [0.1, 0.15) is 5.82 Å². The monoisotopic (exact) mass is 429 g/mol. The van der Waals surface area contributed by atoms with Crippen LogP contribution in [0.25, 0.3) is 11.3 Å². The standard InChI is InChI=1S/C17H21BrFNO4Si/c1-25(2,3)24-16-14(22)15(11-6-8-12(19)9-7-11)23-17(16)20-13(21)5-4-10-18/h6-9,22H,4-5,10H2,1-3H3,(H,20,21). The molecular weight excluding hydrogens is 409 g/mol. The van der Waals surface area contributed by atoms with Gasteiger partial charge in [-0.1, -0.05) is 15.9 Å². The third-order valence-corrected chi connectivity index (χ3v) is 4.52. The highest BCUT2D eigenvalue weighted by atomic mass is 79.9. The molecule has 0 aliphatic rings. The molecular formula is C17H21BrFNO4Si. The van der Waals surface area contributed by atoms with Gasteiger partial charge in [-0.2, -0.15) is 0 Å². The minimum atomic E-state index is -2.07. The molecule has 25 heavy (non-hydrogen) atoms. The maximum absolute atomic E-state index is 13.1. The first-order valence-corrected chi connectivity index (χ1v) is 12.4. The Morgan fingerprint density at radius 1 is 1.32 bits per heavy atom. The van der Waals surface area contributed by atoms with Crippen molar-refractivity contribution in [1.82, 2.24) is 0 Å². The number of anilines is 1. The molecule has 2 N–H and O–H groups in total. The zero-order chi connectivity index (χ0) is 18.6. The number of halogens is 2. The maximum atomic E-state index is 13.1. The molecule has 2 rings (SSSR count). The Labute approximate surface area is 155 Å². The first-order chi connectivity index (χ1) is 11.7. The lowest BCUT2D eigenvalue weighted by molar-refractivity contribution is -0.116. The van der Waals surface area contributed by atoms with Gasteiger partial charge in [-0.3, -0.25) is 10.1 Å². The molecule has 1 amide bonds. The molecule has 0 spiro atoms. The lowest BCUT2D eigenvalue weighted by Gasteiger charge is -2.18. The van der Waals surface area contributed by atoms with Crippen molar-refractivity contribution in [1.29, 1.82) is 0 Å². The first kappa shape index (κ1) is 19.5. The van der Waals surface area contributed by atoms with E-state index in [2.05, 4.69) is 21.2 Å². The third-order valence-electron chi connectivity index (χ3n) is 3.15. The Kier molecular flexibility index (Phi) is 6.29. The minimum absolute atomic E-state index is 0.0684. The van der Waals surface area contributed by atoms with Gasteiger partial charge in [0, 0.05) is 17.3 Å². The predicted octanol–water partition coefficient (Wildman–Crippen LogP) is 5.12. The van der Waals surface area contributed by atoms with Crippen molar-refractivity contribution in [2.45, 2.75) is 32.5 Å². The second-order valence-electron chi connectivity index (χ2n) is 6.50. The summed E-state index contributed by atoms with van der Waals surface area (Å²) in [4.78, 5) is 12.0. The van der Waals surface area contributed by atoms with Crippen molar-refractivity contribution >= 4 is 36.0 Å². The molecule has 0 unspecified atom stereocenters. The molecule has 1 aromatic heterocycles. The van der Waals surface area contributed by atoms with Crippen LogP contribution in [-0.4, -0.2) is 24.7 Å². The van der Waals surface area contributed by atoms with Gasteiger partial charge in [0.05, 0.1) is 0 Å². The molecule has 0 fully saturated rings. The highest BCUT2D eigenvalue weighted by Crippen LogP contribution is 2.47. The summed E-state index contributed by atoms with van der Waals surface area (Å²) < 4.78 is 24.7. The summed E-state index contributed by atoms with van der Waals surface area (Å²) in [5.41, 5.74) is 0.486. The second-order valence-corrected chi connectivity index (χ2v) is 11.7. The van der Waals surface area contributed by atoms with Crippen LogP contribution < -0.4 is 9.74 Å². The van der Waals surface area contributed by atoms with Crippen LogP contribution in [0.1, 0.15) is 12.8 Å². The maximum Gasteiger partial charge on any atom is 0.245 e. The number of amides is 1. The van der Waals surface area contributed by atoms with E-state index in [0.717, 1.165) is 0 Å². The zero-order valence-electron chi connectivity index (χ0n) is 14.4. The number of benzene rings is 1. The molecule has 0 aliphatic carbocycles. The van der Waals surface area contributed by atoms with E-state index in [4.69, 9.17) is 8.84 Å². The normalized spacial score (nSPS) is 11.4. The van der Waals surface area contributed by atoms with Gasteiger partial charge in [-0.05, 0) is 50.3 Å². The first-order valence-electron chi connectivity index (χ1n) is 7.88. The summed E-state index contributed by atoms with van der Waals surface area (Å²) in [5, 5.41) is 13.9. The van der Waals surface area contributed by atoms with E-state index >= 15 is 0 Å². The van der Waals surface area contributed by atoms with Crippen LogP contribution in [0, 0.1) is 5.82 Å². The van der Waals surface area contributed by atoms with Crippen LogP contribution in [0.3, 0.4) is 0 Å². The van der Waals surface area contributed by atoms with Gasteiger partial charge >= 0.3 is 0 Å². The topological polar surface area (TPSA) is 71.7 Å². The van der Waals surface area contributed by atoms with Crippen molar-refractivity contribution in [2.75, 3.05) is 10.6 Å². The molecule has 136 valence electrons. The molecule has 0 saturated carbocycles. The lowest BCUT2D eigenvalue weighted by Crippen LogP contribution is -2.29. The summed E-state index contributed by atoms with van der Waals surface area (Å²) in [6.45, 7) is 5.86. The van der Waals surface area contributed by atoms with Crippen LogP contribution in [0.5, 0.6) is 11.5 Å². The highest BCUT2D eigenvalue weighted by molar-refractivity contribution is 9.09. The van der Waals surface area contributed by atoms with Gasteiger partial charge in [-0.25, -0.2) is 4.39 Å². The fraction of sp³-hybridized carbons (Fsp3) is 0.353.